The molecule has 0 bridgehead atoms. The summed E-state index contributed by atoms with van der Waals surface area (Å²) in [6.45, 7) is 4.56. The molecule has 1 aliphatic heterocycles. The summed E-state index contributed by atoms with van der Waals surface area (Å²) in [7, 11) is -3.36. The molecule has 1 aliphatic rings. The van der Waals surface area contributed by atoms with E-state index in [9.17, 15) is 27.1 Å². The van der Waals surface area contributed by atoms with Gasteiger partial charge in [-0.25, -0.2) is 4.79 Å². The van der Waals surface area contributed by atoms with Crippen LogP contribution in [0.2, 0.25) is 0 Å². The maximum atomic E-state index is 13.3. The number of thioether (sulfide) groups is 1. The Morgan fingerprint density at radius 3 is 2.26 bits per heavy atom. The van der Waals surface area contributed by atoms with Gasteiger partial charge in [-0.1, -0.05) is 39.5 Å². The maximum Gasteiger partial charge on any atom is 0.416 e. The number of unbranched alkanes of at least 4 members (excludes halogenated alkanes) is 2. The molecular formula is C28H36F3NO5S2. The summed E-state index contributed by atoms with van der Waals surface area (Å²) < 4.78 is 68.9. The third kappa shape index (κ3) is 7.65. The van der Waals surface area contributed by atoms with E-state index >= 15 is 0 Å². The number of alkyl halides is 3. The standard InChI is InChI=1S/C28H36F3NO5S2/c1-4-6-13-27(14-7-5-2)18-32(21-10-8-20(9-11-21)28(29,30)31)22-16-24(38-3)23(37-15-12-26(33)34)17-25(22)39(35,36)19-27/h8-12,15-17,35-36H,4-7,13-14,18-19H2,1-3H3,(H,33,34). The van der Waals surface area contributed by atoms with Crippen LogP contribution < -0.4 is 9.64 Å². The van der Waals surface area contributed by atoms with Gasteiger partial charge >= 0.3 is 12.1 Å². The van der Waals surface area contributed by atoms with Gasteiger partial charge in [0.15, 0.2) is 0 Å². The number of carbonyl (C=O) groups is 1. The summed E-state index contributed by atoms with van der Waals surface area (Å²) >= 11 is 1.33. The lowest BCUT2D eigenvalue weighted by atomic mass is 9.79. The second-order valence-electron chi connectivity index (χ2n) is 9.88. The molecule has 0 fully saturated rings. The Morgan fingerprint density at radius 2 is 1.74 bits per heavy atom. The molecule has 0 spiro atoms. The van der Waals surface area contributed by atoms with Crippen LogP contribution in [0.4, 0.5) is 24.5 Å². The van der Waals surface area contributed by atoms with Gasteiger partial charge in [0.25, 0.3) is 0 Å². The molecule has 11 heteroatoms. The fourth-order valence-electron chi connectivity index (χ4n) is 4.98. The zero-order chi connectivity index (χ0) is 28.8. The third-order valence-electron chi connectivity index (χ3n) is 6.92. The smallest absolute Gasteiger partial charge is 0.416 e. The molecule has 1 heterocycles. The molecule has 0 atom stereocenters. The molecule has 216 valence electrons. The Labute approximate surface area is 233 Å². The molecule has 0 radical (unpaired) electrons. The van der Waals surface area contributed by atoms with Crippen molar-refractivity contribution < 1.29 is 36.9 Å². The van der Waals surface area contributed by atoms with Crippen molar-refractivity contribution in [3.63, 3.8) is 0 Å². The van der Waals surface area contributed by atoms with Gasteiger partial charge in [-0.2, -0.15) is 23.8 Å². The molecule has 0 saturated carbocycles. The maximum absolute atomic E-state index is 13.3. The molecule has 39 heavy (non-hydrogen) atoms. The van der Waals surface area contributed by atoms with Gasteiger partial charge < -0.3 is 14.7 Å². The number of aliphatic carboxylic acids is 1. The fourth-order valence-corrected chi connectivity index (χ4v) is 7.71. The Morgan fingerprint density at radius 1 is 1.13 bits per heavy atom. The Kier molecular flexibility index (Phi) is 10.3. The van der Waals surface area contributed by atoms with Gasteiger partial charge in [0.2, 0.25) is 0 Å². The molecule has 6 nitrogen and oxygen atoms in total. The van der Waals surface area contributed by atoms with E-state index in [1.54, 1.807) is 12.3 Å². The highest BCUT2D eigenvalue weighted by molar-refractivity contribution is 8.24. The Balaban J connectivity index is 2.24. The quantitative estimate of drug-likeness (QED) is 0.137. The monoisotopic (exact) mass is 587 g/mol. The predicted octanol–water partition coefficient (Wildman–Crippen LogP) is 9.03. The number of benzene rings is 2. The average molecular weight is 588 g/mol. The zero-order valence-corrected chi connectivity index (χ0v) is 24.0. The number of carboxylic acid groups (broad SMARTS) is 1. The topological polar surface area (TPSA) is 90.2 Å². The number of fused-ring (bicyclic) bond motifs is 1. The number of anilines is 2. The normalized spacial score (nSPS) is 17.5. The van der Waals surface area contributed by atoms with Crippen LogP contribution >= 0.6 is 22.4 Å². The van der Waals surface area contributed by atoms with E-state index < -0.39 is 33.7 Å². The van der Waals surface area contributed by atoms with E-state index in [0.29, 0.717) is 22.8 Å². The number of hydrogen-bond acceptors (Lipinski definition) is 6. The average Bonchev–Trinajstić information content (AvgIpc) is 2.97. The van der Waals surface area contributed by atoms with Gasteiger partial charge in [-0.05, 0) is 49.4 Å². The van der Waals surface area contributed by atoms with Crippen molar-refractivity contribution >= 4 is 39.7 Å². The van der Waals surface area contributed by atoms with Crippen LogP contribution in [0, 0.1) is 5.41 Å². The van der Waals surface area contributed by atoms with Crippen molar-refractivity contribution in [2.75, 3.05) is 23.5 Å². The second kappa shape index (κ2) is 12.9. The summed E-state index contributed by atoms with van der Waals surface area (Å²) in [6, 6.07) is 8.20. The highest BCUT2D eigenvalue weighted by atomic mass is 32.3. The molecule has 0 amide bonds. The highest BCUT2D eigenvalue weighted by Gasteiger charge is 2.43. The highest BCUT2D eigenvalue weighted by Crippen LogP contribution is 2.62. The minimum atomic E-state index is -4.47. The molecule has 0 aliphatic carbocycles. The summed E-state index contributed by atoms with van der Waals surface area (Å²) in [4.78, 5) is 13.7. The van der Waals surface area contributed by atoms with Crippen LogP contribution in [0.15, 0.2) is 58.5 Å². The van der Waals surface area contributed by atoms with Gasteiger partial charge in [-0.3, -0.25) is 9.11 Å². The van der Waals surface area contributed by atoms with E-state index in [0.717, 1.165) is 63.0 Å². The lowest BCUT2D eigenvalue weighted by molar-refractivity contribution is -0.137. The van der Waals surface area contributed by atoms with E-state index in [1.165, 1.54) is 30.0 Å². The minimum absolute atomic E-state index is 0.118. The number of ether oxygens (including phenoxy) is 1. The van der Waals surface area contributed by atoms with Crippen LogP contribution in [0.3, 0.4) is 0 Å². The van der Waals surface area contributed by atoms with Crippen LogP contribution in [-0.4, -0.2) is 38.7 Å². The number of nitrogens with zero attached hydrogens (tertiary/aromatic N) is 1. The zero-order valence-electron chi connectivity index (χ0n) is 22.3. The second-order valence-corrected chi connectivity index (χ2v) is 12.8. The first kappa shape index (κ1) is 31.2. The molecule has 0 unspecified atom stereocenters. The number of carboxylic acids is 1. The van der Waals surface area contributed by atoms with Crippen molar-refractivity contribution in [1.82, 2.24) is 0 Å². The van der Waals surface area contributed by atoms with Crippen LogP contribution in [0.5, 0.6) is 5.75 Å². The Hall–Kier alpha value is -2.34. The number of rotatable bonds is 11. The number of halogens is 3. The van der Waals surface area contributed by atoms with Crippen molar-refractivity contribution in [3.8, 4) is 5.75 Å². The molecule has 3 rings (SSSR count). The van der Waals surface area contributed by atoms with E-state index in [1.807, 2.05) is 4.90 Å². The lowest BCUT2D eigenvalue weighted by Crippen LogP contribution is -2.38. The predicted molar refractivity (Wildman–Crippen MR) is 152 cm³/mol. The number of hydrogen-bond donors (Lipinski definition) is 3. The van der Waals surface area contributed by atoms with Crippen LogP contribution in [-0.2, 0) is 11.0 Å². The third-order valence-corrected chi connectivity index (χ3v) is 9.73. The SMILES string of the molecule is CCCCC1(CCCC)CN(c2ccc(C(F)(F)F)cc2)c2cc(SC)c(OC=CC(=O)O)cc2S(O)(O)C1. The fraction of sp³-hybridized carbons (Fsp3) is 0.464. The molecule has 3 N–H and O–H groups in total. The van der Waals surface area contributed by atoms with Crippen LogP contribution in [0.1, 0.15) is 57.9 Å². The summed E-state index contributed by atoms with van der Waals surface area (Å²) in [6.07, 6.45) is 4.26. The van der Waals surface area contributed by atoms with Crippen LogP contribution in [0.25, 0.3) is 0 Å². The van der Waals surface area contributed by atoms with Gasteiger partial charge in [0, 0.05) is 29.5 Å². The molecular weight excluding hydrogens is 551 g/mol. The summed E-state index contributed by atoms with van der Waals surface area (Å²) in [5.74, 6) is -0.807. The minimum Gasteiger partial charge on any atom is -0.478 e. The molecule has 0 saturated heterocycles. The van der Waals surface area contributed by atoms with E-state index in [-0.39, 0.29) is 16.4 Å². The first-order valence-electron chi connectivity index (χ1n) is 12.8. The molecule has 2 aromatic carbocycles. The van der Waals surface area contributed by atoms with Crippen molar-refractivity contribution in [1.29, 1.82) is 0 Å². The van der Waals surface area contributed by atoms with Crippen molar-refractivity contribution in [2.45, 2.75) is 68.3 Å². The molecule has 0 aromatic heterocycles. The summed E-state index contributed by atoms with van der Waals surface area (Å²) in [5.41, 5.74) is -0.239. The lowest BCUT2D eigenvalue weighted by Gasteiger charge is -2.42. The van der Waals surface area contributed by atoms with E-state index in [2.05, 4.69) is 13.8 Å². The first-order valence-corrected chi connectivity index (χ1v) is 15.8. The Bertz CT molecular complexity index is 1160. The van der Waals surface area contributed by atoms with Crippen molar-refractivity contribution in [2.24, 2.45) is 5.41 Å². The largest absolute Gasteiger partial charge is 0.478 e. The first-order chi connectivity index (χ1) is 18.4. The van der Waals surface area contributed by atoms with Gasteiger partial charge in [0.1, 0.15) is 5.75 Å². The summed E-state index contributed by atoms with van der Waals surface area (Å²) in [5, 5.41) is 8.94. The van der Waals surface area contributed by atoms with Gasteiger partial charge in [0.05, 0.1) is 33.4 Å². The molecule has 2 aromatic rings. The van der Waals surface area contributed by atoms with Gasteiger partial charge in [-0.15, -0.1) is 11.8 Å². The van der Waals surface area contributed by atoms with E-state index in [4.69, 9.17) is 9.84 Å². The van der Waals surface area contributed by atoms with Crippen molar-refractivity contribution in [3.05, 3.63) is 54.3 Å².